The minimum absolute atomic E-state index is 0.00790. The van der Waals surface area contributed by atoms with Crippen molar-refractivity contribution in [2.24, 2.45) is 0 Å². The molecule has 5 nitrogen and oxygen atoms in total. The van der Waals surface area contributed by atoms with Crippen LogP contribution in [0.2, 0.25) is 0 Å². The Morgan fingerprint density at radius 1 is 1.09 bits per heavy atom. The van der Waals surface area contributed by atoms with Crippen molar-refractivity contribution in [2.75, 3.05) is 18.1 Å². The molecule has 0 aliphatic carbocycles. The third-order valence-corrected chi connectivity index (χ3v) is 3.66. The topological polar surface area (TPSA) is 58.6 Å². The molecule has 1 aliphatic heterocycles. The number of hydrogen-bond donors (Lipinski definition) is 1. The van der Waals surface area contributed by atoms with Crippen LogP contribution in [-0.2, 0) is 16.1 Å². The van der Waals surface area contributed by atoms with E-state index in [0.717, 1.165) is 5.56 Å². The van der Waals surface area contributed by atoms with Gasteiger partial charge in [0.05, 0.1) is 18.7 Å². The Bertz CT molecular complexity index is 700. The fraction of sp³-hybridized carbons (Fsp3) is 0.222. The van der Waals surface area contributed by atoms with Crippen molar-refractivity contribution in [2.45, 2.75) is 13.0 Å². The summed E-state index contributed by atoms with van der Waals surface area (Å²) in [5.74, 6) is 0.331. The molecule has 0 spiro atoms. The van der Waals surface area contributed by atoms with Gasteiger partial charge in [0.15, 0.2) is 0 Å². The molecule has 0 unspecified atom stereocenters. The number of nitrogens with one attached hydrogen (secondary N) is 1. The maximum Gasteiger partial charge on any atom is 0.240 e. The summed E-state index contributed by atoms with van der Waals surface area (Å²) in [6, 6.07) is 16.9. The van der Waals surface area contributed by atoms with Crippen LogP contribution in [0.5, 0.6) is 5.75 Å². The standard InChI is InChI=1S/C18H18N2O3/c21-17(19-12-14-6-2-1-3-7-14)13-20-15-8-4-5-9-16(15)23-11-10-18(20)22/h1-9H,10-13H2,(H,19,21). The minimum atomic E-state index is -0.195. The lowest BCUT2D eigenvalue weighted by Crippen LogP contribution is -2.40. The number of para-hydroxylation sites is 2. The van der Waals surface area contributed by atoms with Crippen molar-refractivity contribution in [1.82, 2.24) is 5.32 Å². The van der Waals surface area contributed by atoms with Crippen molar-refractivity contribution < 1.29 is 14.3 Å². The summed E-state index contributed by atoms with van der Waals surface area (Å²) in [4.78, 5) is 25.9. The summed E-state index contributed by atoms with van der Waals surface area (Å²) >= 11 is 0. The first kappa shape index (κ1) is 15.1. The number of fused-ring (bicyclic) bond motifs is 1. The van der Waals surface area contributed by atoms with Gasteiger partial charge in [-0.1, -0.05) is 42.5 Å². The molecule has 118 valence electrons. The largest absolute Gasteiger partial charge is 0.491 e. The van der Waals surface area contributed by atoms with Crippen LogP contribution in [0.25, 0.3) is 0 Å². The van der Waals surface area contributed by atoms with Crippen molar-refractivity contribution >= 4 is 17.5 Å². The quantitative estimate of drug-likeness (QED) is 0.941. The highest BCUT2D eigenvalue weighted by atomic mass is 16.5. The highest BCUT2D eigenvalue weighted by Crippen LogP contribution is 2.30. The van der Waals surface area contributed by atoms with E-state index in [2.05, 4.69) is 5.32 Å². The zero-order chi connectivity index (χ0) is 16.1. The summed E-state index contributed by atoms with van der Waals surface area (Å²) in [5.41, 5.74) is 1.66. The second-order valence-electron chi connectivity index (χ2n) is 5.31. The Morgan fingerprint density at radius 2 is 1.83 bits per heavy atom. The maximum atomic E-state index is 12.3. The van der Waals surface area contributed by atoms with Crippen LogP contribution >= 0.6 is 0 Å². The molecule has 0 aromatic heterocycles. The molecule has 23 heavy (non-hydrogen) atoms. The number of carbonyl (C=O) groups excluding carboxylic acids is 2. The van der Waals surface area contributed by atoms with E-state index in [-0.39, 0.29) is 24.8 Å². The van der Waals surface area contributed by atoms with Crippen molar-refractivity contribution in [3.05, 3.63) is 60.2 Å². The van der Waals surface area contributed by atoms with Gasteiger partial charge in [-0.2, -0.15) is 0 Å². The van der Waals surface area contributed by atoms with E-state index in [1.807, 2.05) is 48.5 Å². The normalized spacial score (nSPS) is 13.7. The molecule has 0 fully saturated rings. The Hall–Kier alpha value is -2.82. The minimum Gasteiger partial charge on any atom is -0.491 e. The molecule has 0 saturated carbocycles. The van der Waals surface area contributed by atoms with E-state index in [4.69, 9.17) is 4.74 Å². The van der Waals surface area contributed by atoms with Crippen LogP contribution < -0.4 is 15.0 Å². The predicted octanol–water partition coefficient (Wildman–Crippen LogP) is 2.12. The SMILES string of the molecule is O=C(CN1C(=O)CCOc2ccccc21)NCc1ccccc1. The zero-order valence-corrected chi connectivity index (χ0v) is 12.7. The molecule has 0 radical (unpaired) electrons. The number of rotatable bonds is 4. The highest BCUT2D eigenvalue weighted by Gasteiger charge is 2.24. The third kappa shape index (κ3) is 3.69. The van der Waals surface area contributed by atoms with Gasteiger partial charge in [-0.3, -0.25) is 14.5 Å². The molecule has 1 aliphatic rings. The molecule has 5 heteroatoms. The summed E-state index contributed by atoms with van der Waals surface area (Å²) in [7, 11) is 0. The Morgan fingerprint density at radius 3 is 2.65 bits per heavy atom. The van der Waals surface area contributed by atoms with E-state index >= 15 is 0 Å². The second kappa shape index (κ2) is 6.96. The number of carbonyl (C=O) groups is 2. The first-order valence-corrected chi connectivity index (χ1v) is 7.57. The number of benzene rings is 2. The van der Waals surface area contributed by atoms with Crippen molar-refractivity contribution in [3.8, 4) is 5.75 Å². The van der Waals surface area contributed by atoms with Gasteiger partial charge in [-0.25, -0.2) is 0 Å². The molecule has 2 aromatic carbocycles. The number of hydrogen-bond acceptors (Lipinski definition) is 3. The molecule has 1 heterocycles. The Kier molecular flexibility index (Phi) is 4.57. The molecule has 3 rings (SSSR count). The van der Waals surface area contributed by atoms with Gasteiger partial charge in [0.1, 0.15) is 12.3 Å². The number of ether oxygens (including phenoxy) is 1. The Balaban J connectivity index is 1.68. The van der Waals surface area contributed by atoms with Gasteiger partial charge in [0, 0.05) is 6.54 Å². The van der Waals surface area contributed by atoms with Gasteiger partial charge in [-0.05, 0) is 17.7 Å². The Labute approximate surface area is 134 Å². The average molecular weight is 310 g/mol. The van der Waals surface area contributed by atoms with Gasteiger partial charge < -0.3 is 10.1 Å². The van der Waals surface area contributed by atoms with E-state index in [9.17, 15) is 9.59 Å². The number of nitrogens with zero attached hydrogens (tertiary/aromatic N) is 1. The monoisotopic (exact) mass is 310 g/mol. The van der Waals surface area contributed by atoms with Crippen LogP contribution in [0.1, 0.15) is 12.0 Å². The predicted molar refractivity (Wildman–Crippen MR) is 87.2 cm³/mol. The molecule has 0 bridgehead atoms. The third-order valence-electron chi connectivity index (χ3n) is 3.66. The first-order chi connectivity index (χ1) is 11.2. The van der Waals surface area contributed by atoms with Crippen LogP contribution in [0, 0.1) is 0 Å². The first-order valence-electron chi connectivity index (χ1n) is 7.57. The molecular weight excluding hydrogens is 292 g/mol. The lowest BCUT2D eigenvalue weighted by Gasteiger charge is -2.21. The molecule has 0 atom stereocenters. The van der Waals surface area contributed by atoms with Crippen LogP contribution in [-0.4, -0.2) is 25.0 Å². The van der Waals surface area contributed by atoms with Gasteiger partial charge in [-0.15, -0.1) is 0 Å². The average Bonchev–Trinajstić information content (AvgIpc) is 2.74. The zero-order valence-electron chi connectivity index (χ0n) is 12.7. The maximum absolute atomic E-state index is 12.3. The van der Waals surface area contributed by atoms with E-state index < -0.39 is 0 Å². The molecule has 2 amide bonds. The van der Waals surface area contributed by atoms with Crippen LogP contribution in [0.4, 0.5) is 5.69 Å². The summed E-state index contributed by atoms with van der Waals surface area (Å²) in [5, 5.41) is 2.84. The van der Waals surface area contributed by atoms with Crippen molar-refractivity contribution in [3.63, 3.8) is 0 Å². The van der Waals surface area contributed by atoms with Crippen molar-refractivity contribution in [1.29, 1.82) is 0 Å². The lowest BCUT2D eigenvalue weighted by molar-refractivity contribution is -0.124. The van der Waals surface area contributed by atoms with E-state index in [0.29, 0.717) is 24.6 Å². The second-order valence-corrected chi connectivity index (χ2v) is 5.31. The fourth-order valence-corrected chi connectivity index (χ4v) is 2.49. The van der Waals surface area contributed by atoms with Crippen LogP contribution in [0.15, 0.2) is 54.6 Å². The molecular formula is C18H18N2O3. The molecule has 2 aromatic rings. The highest BCUT2D eigenvalue weighted by molar-refractivity contribution is 6.00. The van der Waals surface area contributed by atoms with Gasteiger partial charge >= 0.3 is 0 Å². The smallest absolute Gasteiger partial charge is 0.240 e. The van der Waals surface area contributed by atoms with Gasteiger partial charge in [0.2, 0.25) is 11.8 Å². The summed E-state index contributed by atoms with van der Waals surface area (Å²) in [6.45, 7) is 0.768. The lowest BCUT2D eigenvalue weighted by atomic mass is 10.2. The number of anilines is 1. The fourth-order valence-electron chi connectivity index (χ4n) is 2.49. The van der Waals surface area contributed by atoms with E-state index in [1.165, 1.54) is 4.90 Å². The van der Waals surface area contributed by atoms with Gasteiger partial charge in [0.25, 0.3) is 0 Å². The number of amides is 2. The summed E-state index contributed by atoms with van der Waals surface area (Å²) in [6.07, 6.45) is 0.265. The van der Waals surface area contributed by atoms with Crippen LogP contribution in [0.3, 0.4) is 0 Å². The van der Waals surface area contributed by atoms with E-state index in [1.54, 1.807) is 6.07 Å². The molecule has 0 saturated heterocycles. The molecule has 1 N–H and O–H groups in total. The summed E-state index contributed by atoms with van der Waals surface area (Å²) < 4.78 is 5.57.